The first-order valence-corrected chi connectivity index (χ1v) is 20.3. The summed E-state index contributed by atoms with van der Waals surface area (Å²) >= 11 is 0. The molecule has 30 heteroatoms. The zero-order valence-electron chi connectivity index (χ0n) is 35.4. The molecule has 66 heavy (non-hydrogen) atoms. The van der Waals surface area contributed by atoms with E-state index in [2.05, 4.69) is 16.0 Å². The molecular weight excluding hydrogens is 906 g/mol. The Hall–Kier alpha value is -3.45. The fraction of sp³-hybridized carbons (Fsp3) is 0.861. The molecule has 3 amide bonds. The SMILES string of the molecule is CC(=O)N[C@@H]1[C@@H](O[C@@H]2O[C@H](CO)[C@H](O[C@]3(C(=O)O)C[C@H](O)[C@@H](NC(C)=O)[C@H]([C@H](O)[C@H](O)CO)O3)[C@H](O)[C@H]2O)[C@H](O)[C@@H](CO[C@]2(C(=O)O)C[C@H](O)[C@@H](NC(C)=O)[C@H]([C@H](O)[C@H](O)CO)O2)O[C@H]1O. The number of amides is 3. The van der Waals surface area contributed by atoms with Crippen LogP contribution in [0.25, 0.3) is 0 Å². The van der Waals surface area contributed by atoms with Crippen LogP contribution in [-0.2, 0) is 57.1 Å². The van der Waals surface area contributed by atoms with Crippen LogP contribution in [0.1, 0.15) is 33.6 Å². The number of hydrogen-bond acceptors (Lipinski definition) is 25. The number of aliphatic carboxylic acids is 2. The molecule has 4 fully saturated rings. The van der Waals surface area contributed by atoms with Crippen molar-refractivity contribution in [1.29, 1.82) is 0 Å². The number of carbonyl (C=O) groups is 5. The molecule has 4 rings (SSSR count). The van der Waals surface area contributed by atoms with Crippen molar-refractivity contribution in [3.05, 3.63) is 0 Å². The highest BCUT2D eigenvalue weighted by Gasteiger charge is 2.61. The van der Waals surface area contributed by atoms with Gasteiger partial charge in [-0.3, -0.25) is 14.4 Å². The number of hydrogen-bond donors (Lipinski definition) is 18. The number of carboxylic acids is 2. The Kier molecular flexibility index (Phi) is 19.0. The van der Waals surface area contributed by atoms with Crippen molar-refractivity contribution < 1.29 is 134 Å². The van der Waals surface area contributed by atoms with E-state index in [0.29, 0.717) is 0 Å². The third kappa shape index (κ3) is 12.0. The smallest absolute Gasteiger partial charge is 0.364 e. The van der Waals surface area contributed by atoms with Gasteiger partial charge in [-0.1, -0.05) is 0 Å². The molecule has 18 N–H and O–H groups in total. The van der Waals surface area contributed by atoms with E-state index in [0.717, 1.165) is 20.8 Å². The van der Waals surface area contributed by atoms with Crippen molar-refractivity contribution >= 4 is 29.7 Å². The van der Waals surface area contributed by atoms with Crippen molar-refractivity contribution in [2.24, 2.45) is 0 Å². The molecule has 0 aromatic carbocycles. The Morgan fingerprint density at radius 1 is 0.621 bits per heavy atom. The Morgan fingerprint density at radius 3 is 1.52 bits per heavy atom. The lowest BCUT2D eigenvalue weighted by atomic mass is 9.88. The summed E-state index contributed by atoms with van der Waals surface area (Å²) in [6, 6.07) is -4.99. The minimum atomic E-state index is -3.12. The van der Waals surface area contributed by atoms with Crippen LogP contribution in [0.3, 0.4) is 0 Å². The molecular formula is C36H59N3O27. The summed E-state index contributed by atoms with van der Waals surface area (Å²) in [6.45, 7) is -1.51. The van der Waals surface area contributed by atoms with Crippen LogP contribution in [0.15, 0.2) is 0 Å². The van der Waals surface area contributed by atoms with Gasteiger partial charge in [-0.25, -0.2) is 9.59 Å². The van der Waals surface area contributed by atoms with Gasteiger partial charge < -0.3 is 126 Å². The van der Waals surface area contributed by atoms with E-state index in [1.54, 1.807) is 0 Å². The van der Waals surface area contributed by atoms with E-state index in [-0.39, 0.29) is 0 Å². The van der Waals surface area contributed by atoms with Gasteiger partial charge >= 0.3 is 11.9 Å². The van der Waals surface area contributed by atoms with E-state index < -0.39 is 203 Å². The summed E-state index contributed by atoms with van der Waals surface area (Å²) in [7, 11) is 0. The normalized spacial score (nSPS) is 41.4. The summed E-state index contributed by atoms with van der Waals surface area (Å²) < 4.78 is 39.1. The van der Waals surface area contributed by atoms with E-state index in [1.165, 1.54) is 0 Å². The van der Waals surface area contributed by atoms with Crippen molar-refractivity contribution in [2.45, 2.75) is 167 Å². The number of aliphatic hydroxyl groups is 13. The van der Waals surface area contributed by atoms with E-state index in [1.807, 2.05) is 0 Å². The Morgan fingerprint density at radius 2 is 1.08 bits per heavy atom. The summed E-state index contributed by atoms with van der Waals surface area (Å²) in [6.07, 6.45) is -37.6. The molecule has 4 aliphatic rings. The highest BCUT2D eigenvalue weighted by Crippen LogP contribution is 2.39. The van der Waals surface area contributed by atoms with Crippen LogP contribution in [-0.4, -0.2) is 267 Å². The molecule has 30 nitrogen and oxygen atoms in total. The molecule has 0 aromatic heterocycles. The van der Waals surface area contributed by atoms with Gasteiger partial charge in [0.25, 0.3) is 11.6 Å². The number of nitrogens with one attached hydrogen (secondary N) is 3. The lowest BCUT2D eigenvalue weighted by Gasteiger charge is -2.51. The second-order valence-corrected chi connectivity index (χ2v) is 16.2. The van der Waals surface area contributed by atoms with Crippen molar-refractivity contribution in [3.8, 4) is 0 Å². The highest BCUT2D eigenvalue weighted by atomic mass is 16.8. The zero-order chi connectivity index (χ0) is 49.7. The molecule has 22 atom stereocenters. The number of aliphatic hydroxyl groups excluding tert-OH is 13. The third-order valence-corrected chi connectivity index (χ3v) is 11.4. The lowest BCUT2D eigenvalue weighted by Crippen LogP contribution is -2.71. The predicted molar refractivity (Wildman–Crippen MR) is 203 cm³/mol. The summed E-state index contributed by atoms with van der Waals surface area (Å²) in [4.78, 5) is 61.5. The second-order valence-electron chi connectivity index (χ2n) is 16.2. The maximum absolute atomic E-state index is 12.8. The molecule has 0 unspecified atom stereocenters. The summed E-state index contributed by atoms with van der Waals surface area (Å²) in [5.74, 6) is -12.6. The Bertz CT molecular complexity index is 1680. The first-order chi connectivity index (χ1) is 30.8. The number of ether oxygens (including phenoxy) is 7. The van der Waals surface area contributed by atoms with Crippen LogP contribution in [0.5, 0.6) is 0 Å². The van der Waals surface area contributed by atoms with Gasteiger partial charge in [0.2, 0.25) is 17.7 Å². The molecule has 0 aromatic rings. The maximum atomic E-state index is 12.8. The van der Waals surface area contributed by atoms with E-state index in [4.69, 9.17) is 33.2 Å². The topological polar surface area (TPSA) is 490 Å². The van der Waals surface area contributed by atoms with Gasteiger partial charge in [0, 0.05) is 33.6 Å². The second kappa shape index (κ2) is 22.8. The minimum absolute atomic E-state index is 0.784. The fourth-order valence-electron chi connectivity index (χ4n) is 8.05. The van der Waals surface area contributed by atoms with Crippen molar-refractivity contribution in [2.75, 3.05) is 26.4 Å². The van der Waals surface area contributed by atoms with Crippen molar-refractivity contribution in [3.63, 3.8) is 0 Å². The van der Waals surface area contributed by atoms with Crippen LogP contribution in [0.2, 0.25) is 0 Å². The molecule has 4 heterocycles. The number of carbonyl (C=O) groups excluding carboxylic acids is 3. The molecule has 0 aliphatic carbocycles. The molecule has 0 saturated carbocycles. The van der Waals surface area contributed by atoms with Crippen LogP contribution in [0, 0.1) is 0 Å². The van der Waals surface area contributed by atoms with Gasteiger partial charge in [-0.2, -0.15) is 0 Å². The summed E-state index contributed by atoms with van der Waals surface area (Å²) in [5, 5.41) is 166. The highest BCUT2D eigenvalue weighted by molar-refractivity contribution is 5.77. The Balaban J connectivity index is 1.61. The molecule has 0 bridgehead atoms. The first-order valence-electron chi connectivity index (χ1n) is 20.3. The predicted octanol–water partition coefficient (Wildman–Crippen LogP) is -10.9. The van der Waals surface area contributed by atoms with E-state index >= 15 is 0 Å². The molecule has 0 spiro atoms. The molecule has 4 saturated heterocycles. The standard InChI is InChI=1S/C36H59N3O27/c1-10(43)37-19-13(46)4-35(33(56)57,65-29(19)22(50)15(48)6-40)60-9-18-24(52)28(21(31(55)61-18)39-12(3)45)63-32-26(54)25(53)27(17(8-42)62-32)64-36(34(58)59)5-14(47)20(38-11(2)44)30(66-36)23(51)16(49)7-41/h13-32,40-42,46-55H,4-9H2,1-3H3,(H,37,43)(H,38,44)(H,39,45)(H,56,57)(H,58,59)/t13-,14-,15+,16+,17+,18+,19+,20+,21+,22+,23+,24+,25+,26+,27-,28+,29+,30+,31+,32-,35+,36+/m0/s1. The first kappa shape index (κ1) is 55.1. The largest absolute Gasteiger partial charge is 0.477 e. The fourth-order valence-corrected chi connectivity index (χ4v) is 8.05. The van der Waals surface area contributed by atoms with Crippen molar-refractivity contribution in [1.82, 2.24) is 16.0 Å². The van der Waals surface area contributed by atoms with Gasteiger partial charge in [0.05, 0.1) is 50.7 Å². The van der Waals surface area contributed by atoms with Gasteiger partial charge in [-0.05, 0) is 0 Å². The third-order valence-electron chi connectivity index (χ3n) is 11.4. The summed E-state index contributed by atoms with van der Waals surface area (Å²) in [5.41, 5.74) is 0. The Labute approximate surface area is 373 Å². The lowest BCUT2D eigenvalue weighted by molar-refractivity contribution is -0.380. The average molecular weight is 966 g/mol. The van der Waals surface area contributed by atoms with Gasteiger partial charge in [-0.15, -0.1) is 0 Å². The van der Waals surface area contributed by atoms with Crippen LogP contribution < -0.4 is 16.0 Å². The maximum Gasteiger partial charge on any atom is 0.364 e. The van der Waals surface area contributed by atoms with E-state index in [9.17, 15) is 101 Å². The quantitative estimate of drug-likeness (QED) is 0.0571. The van der Waals surface area contributed by atoms with Crippen LogP contribution >= 0.6 is 0 Å². The number of carboxylic acid groups (broad SMARTS) is 2. The zero-order valence-corrected chi connectivity index (χ0v) is 35.4. The molecule has 0 radical (unpaired) electrons. The van der Waals surface area contributed by atoms with Gasteiger partial charge in [0.1, 0.15) is 85.4 Å². The average Bonchev–Trinajstić information content (AvgIpc) is 3.25. The number of rotatable bonds is 19. The molecule has 380 valence electrons. The van der Waals surface area contributed by atoms with Crippen LogP contribution in [0.4, 0.5) is 0 Å². The monoisotopic (exact) mass is 965 g/mol. The minimum Gasteiger partial charge on any atom is -0.477 e. The molecule has 4 aliphatic heterocycles. The van der Waals surface area contributed by atoms with Gasteiger partial charge in [0.15, 0.2) is 12.6 Å².